The summed E-state index contributed by atoms with van der Waals surface area (Å²) in [6.45, 7) is 2.72. The molecule has 3 aromatic rings. The maximum Gasteiger partial charge on any atom is 0.277 e. The number of aromatic nitrogens is 3. The molecule has 8 heteroatoms. The van der Waals surface area contributed by atoms with Crippen molar-refractivity contribution in [3.63, 3.8) is 0 Å². The van der Waals surface area contributed by atoms with Gasteiger partial charge in [0.2, 0.25) is 0 Å². The summed E-state index contributed by atoms with van der Waals surface area (Å²) in [5.74, 6) is 0.834. The third-order valence-corrected chi connectivity index (χ3v) is 4.13. The number of ether oxygens (including phenoxy) is 1. The van der Waals surface area contributed by atoms with Crippen molar-refractivity contribution in [3.8, 4) is 5.75 Å². The van der Waals surface area contributed by atoms with Gasteiger partial charge in [0.25, 0.3) is 5.56 Å². The molecule has 0 amide bonds. The minimum Gasteiger partial charge on any atom is -0.493 e. The molecule has 3 N–H and O–H groups in total. The Morgan fingerprint density at radius 1 is 1.33 bits per heavy atom. The van der Waals surface area contributed by atoms with Gasteiger partial charge in [0.1, 0.15) is 17.4 Å². The van der Waals surface area contributed by atoms with Crippen LogP contribution in [0, 0.1) is 5.82 Å². The third-order valence-electron chi connectivity index (χ3n) is 4.13. The van der Waals surface area contributed by atoms with Crippen LogP contribution in [0.3, 0.4) is 0 Å². The summed E-state index contributed by atoms with van der Waals surface area (Å²) in [4.78, 5) is 24.7. The number of benzene rings is 1. The zero-order valence-electron chi connectivity index (χ0n) is 15.3. The fourth-order valence-electron chi connectivity index (χ4n) is 2.66. The Morgan fingerprint density at radius 3 is 2.93 bits per heavy atom. The molecule has 2 heterocycles. The van der Waals surface area contributed by atoms with Crippen LogP contribution in [0.25, 0.3) is 11.0 Å². The molecule has 3 rings (SSSR count). The normalized spacial score (nSPS) is 12.1. The molecule has 0 bridgehead atoms. The molecule has 2 aromatic heterocycles. The number of H-pyrrole nitrogens is 1. The van der Waals surface area contributed by atoms with Crippen molar-refractivity contribution >= 4 is 16.9 Å². The van der Waals surface area contributed by atoms with Crippen LogP contribution in [0.2, 0.25) is 0 Å². The van der Waals surface area contributed by atoms with E-state index in [1.807, 2.05) is 18.9 Å². The van der Waals surface area contributed by atoms with E-state index in [9.17, 15) is 9.18 Å². The van der Waals surface area contributed by atoms with E-state index in [0.29, 0.717) is 42.2 Å². The van der Waals surface area contributed by atoms with Crippen LogP contribution in [0.4, 0.5) is 10.2 Å². The molecule has 0 aliphatic carbocycles. The highest BCUT2D eigenvalue weighted by Crippen LogP contribution is 2.24. The number of nitrogens with one attached hydrogen (secondary N) is 1. The summed E-state index contributed by atoms with van der Waals surface area (Å²) in [5, 5.41) is 0. The molecule has 1 aromatic carbocycles. The molecule has 0 fully saturated rings. The van der Waals surface area contributed by atoms with Crippen molar-refractivity contribution in [2.75, 3.05) is 18.6 Å². The van der Waals surface area contributed by atoms with Crippen molar-refractivity contribution in [1.29, 1.82) is 0 Å². The lowest BCUT2D eigenvalue weighted by Crippen LogP contribution is -2.21. The second kappa shape index (κ2) is 8.13. The second-order valence-corrected chi connectivity index (χ2v) is 6.49. The van der Waals surface area contributed by atoms with Gasteiger partial charge in [0.15, 0.2) is 5.52 Å². The van der Waals surface area contributed by atoms with Gasteiger partial charge in [-0.15, -0.1) is 0 Å². The molecular weight excluding hydrogens is 349 g/mol. The maximum absolute atomic E-state index is 13.7. The van der Waals surface area contributed by atoms with Gasteiger partial charge in [-0.2, -0.15) is 0 Å². The molecule has 142 valence electrons. The lowest BCUT2D eigenvalue weighted by atomic mass is 10.1. The number of anilines is 1. The van der Waals surface area contributed by atoms with Gasteiger partial charge in [-0.3, -0.25) is 4.79 Å². The van der Waals surface area contributed by atoms with Crippen LogP contribution in [0.1, 0.15) is 18.9 Å². The van der Waals surface area contributed by atoms with Crippen LogP contribution >= 0.6 is 0 Å². The molecule has 0 radical (unpaired) electrons. The van der Waals surface area contributed by atoms with E-state index in [0.717, 1.165) is 0 Å². The molecule has 0 aliphatic rings. The van der Waals surface area contributed by atoms with Crippen molar-refractivity contribution in [1.82, 2.24) is 15.0 Å². The minimum absolute atomic E-state index is 0.0325. The van der Waals surface area contributed by atoms with Crippen LogP contribution in [0.15, 0.2) is 41.5 Å². The van der Waals surface area contributed by atoms with E-state index in [2.05, 4.69) is 15.0 Å². The lowest BCUT2D eigenvalue weighted by molar-refractivity contribution is 0.297. The third kappa shape index (κ3) is 4.59. The average molecular weight is 371 g/mol. The summed E-state index contributed by atoms with van der Waals surface area (Å²) < 4.78 is 19.5. The maximum atomic E-state index is 13.7. The molecule has 0 saturated heterocycles. The molecule has 0 aliphatic heterocycles. The smallest absolute Gasteiger partial charge is 0.277 e. The highest BCUT2D eigenvalue weighted by Gasteiger charge is 2.12. The first-order chi connectivity index (χ1) is 12.9. The highest BCUT2D eigenvalue weighted by molar-refractivity contribution is 5.74. The Bertz CT molecular complexity index is 989. The number of aromatic amines is 1. The van der Waals surface area contributed by atoms with Crippen molar-refractivity contribution < 1.29 is 9.13 Å². The van der Waals surface area contributed by atoms with Gasteiger partial charge < -0.3 is 20.4 Å². The van der Waals surface area contributed by atoms with Gasteiger partial charge in [0.05, 0.1) is 18.5 Å². The van der Waals surface area contributed by atoms with Gasteiger partial charge in [0, 0.05) is 25.2 Å². The Balaban J connectivity index is 1.83. The summed E-state index contributed by atoms with van der Waals surface area (Å²) in [6, 6.07) is 7.95. The first-order valence-electron chi connectivity index (χ1n) is 8.66. The van der Waals surface area contributed by atoms with E-state index in [4.69, 9.17) is 10.5 Å². The van der Waals surface area contributed by atoms with E-state index in [1.54, 1.807) is 18.2 Å². The zero-order chi connectivity index (χ0) is 19.4. The Labute approximate surface area is 156 Å². The quantitative estimate of drug-likeness (QED) is 0.661. The van der Waals surface area contributed by atoms with E-state index in [1.165, 1.54) is 18.5 Å². The SMILES string of the molecule is C[C@@H](N)CCOc1ccc(F)cc1CN(C)c1ccc2nc[nH]c(=O)c2n1. The standard InChI is InChI=1S/C19H22FN5O2/c1-12(21)7-8-27-16-5-3-14(20)9-13(16)10-25(2)17-6-4-15-18(24-17)19(26)23-11-22-15/h3-6,9,11-12H,7-8,10,21H2,1-2H3,(H,22,23,26)/t12-/m1/s1. The molecule has 0 unspecified atom stereocenters. The van der Waals surface area contributed by atoms with Crippen molar-refractivity contribution in [3.05, 3.63) is 58.4 Å². The molecule has 27 heavy (non-hydrogen) atoms. The van der Waals surface area contributed by atoms with Crippen LogP contribution in [0.5, 0.6) is 5.75 Å². The molecule has 7 nitrogen and oxygen atoms in total. The predicted octanol–water partition coefficient (Wildman–Crippen LogP) is 2.21. The average Bonchev–Trinajstić information content (AvgIpc) is 2.63. The number of fused-ring (bicyclic) bond motifs is 1. The van der Waals surface area contributed by atoms with Crippen LogP contribution in [-0.2, 0) is 6.54 Å². The fourth-order valence-corrected chi connectivity index (χ4v) is 2.66. The molecule has 1 atom stereocenters. The monoisotopic (exact) mass is 371 g/mol. The Hall–Kier alpha value is -3.00. The number of hydrogen-bond acceptors (Lipinski definition) is 6. The van der Waals surface area contributed by atoms with Gasteiger partial charge in [-0.1, -0.05) is 0 Å². The topological polar surface area (TPSA) is 97.1 Å². The van der Waals surface area contributed by atoms with Gasteiger partial charge >= 0.3 is 0 Å². The first kappa shape index (κ1) is 18.8. The van der Waals surface area contributed by atoms with E-state index in [-0.39, 0.29) is 22.9 Å². The summed E-state index contributed by atoms with van der Waals surface area (Å²) in [6.07, 6.45) is 2.04. The number of rotatable bonds is 7. The molecule has 0 spiro atoms. The summed E-state index contributed by atoms with van der Waals surface area (Å²) >= 11 is 0. The number of pyridine rings is 1. The predicted molar refractivity (Wildman–Crippen MR) is 102 cm³/mol. The number of hydrogen-bond donors (Lipinski definition) is 2. The highest BCUT2D eigenvalue weighted by atomic mass is 19.1. The van der Waals surface area contributed by atoms with Crippen LogP contribution < -0.4 is 20.9 Å². The largest absolute Gasteiger partial charge is 0.493 e. The minimum atomic E-state index is -0.343. The van der Waals surface area contributed by atoms with E-state index < -0.39 is 0 Å². The summed E-state index contributed by atoms with van der Waals surface area (Å²) in [7, 11) is 1.81. The van der Waals surface area contributed by atoms with Gasteiger partial charge in [-0.05, 0) is 43.7 Å². The fraction of sp³-hybridized carbons (Fsp3) is 0.316. The van der Waals surface area contributed by atoms with Crippen molar-refractivity contribution in [2.45, 2.75) is 25.9 Å². The molecular formula is C19H22FN5O2. The van der Waals surface area contributed by atoms with E-state index >= 15 is 0 Å². The Morgan fingerprint density at radius 2 is 2.15 bits per heavy atom. The zero-order valence-corrected chi connectivity index (χ0v) is 15.3. The van der Waals surface area contributed by atoms with Crippen molar-refractivity contribution in [2.24, 2.45) is 5.73 Å². The first-order valence-corrected chi connectivity index (χ1v) is 8.66. The lowest BCUT2D eigenvalue weighted by Gasteiger charge is -2.20. The molecule has 0 saturated carbocycles. The number of nitrogens with two attached hydrogens (primary N) is 1. The Kier molecular flexibility index (Phi) is 5.66. The van der Waals surface area contributed by atoms with Crippen LogP contribution in [-0.4, -0.2) is 34.6 Å². The second-order valence-electron chi connectivity index (χ2n) is 6.49. The summed E-state index contributed by atoms with van der Waals surface area (Å²) in [5.41, 5.74) is 6.90. The number of nitrogens with zero attached hydrogens (tertiary/aromatic N) is 3. The van der Waals surface area contributed by atoms with Gasteiger partial charge in [-0.25, -0.2) is 14.4 Å². The number of halogens is 1.